The SMILES string of the molecule is O=C(CSc1nnc2c3c4c(sc3ncn12)CCCC4)N1CCCC1. The predicted octanol–water partition coefficient (Wildman–Crippen LogP) is 2.93. The number of thiophene rings is 1. The van der Waals surface area contributed by atoms with Crippen LogP contribution in [0.4, 0.5) is 0 Å². The standard InChI is InChI=1S/C17H19N5OS2/c23-13(21-7-3-4-8-21)9-24-17-20-19-15-14-11-5-1-2-6-12(11)25-16(14)18-10-22(15)17/h10H,1-9H2. The normalized spacial score (nSPS) is 17.5. The van der Waals surface area contributed by atoms with Crippen LogP contribution >= 0.6 is 23.1 Å². The number of carbonyl (C=O) groups excluding carboxylic acids is 1. The van der Waals surface area contributed by atoms with Crippen LogP contribution in [0.3, 0.4) is 0 Å². The number of aromatic nitrogens is 4. The van der Waals surface area contributed by atoms with Crippen molar-refractivity contribution in [1.29, 1.82) is 0 Å². The van der Waals surface area contributed by atoms with Crippen LogP contribution in [0.15, 0.2) is 11.5 Å². The molecule has 0 spiro atoms. The minimum absolute atomic E-state index is 0.196. The van der Waals surface area contributed by atoms with Crippen molar-refractivity contribution in [1.82, 2.24) is 24.5 Å². The number of aryl methyl sites for hydroxylation is 2. The number of thioether (sulfide) groups is 1. The zero-order valence-corrected chi connectivity index (χ0v) is 15.5. The Hall–Kier alpha value is -1.67. The third-order valence-corrected chi connectivity index (χ3v) is 7.24. The smallest absolute Gasteiger partial charge is 0.233 e. The maximum atomic E-state index is 12.3. The second kappa shape index (κ2) is 6.25. The lowest BCUT2D eigenvalue weighted by molar-refractivity contribution is -0.127. The van der Waals surface area contributed by atoms with Crippen LogP contribution in [0.2, 0.25) is 0 Å². The summed E-state index contributed by atoms with van der Waals surface area (Å²) >= 11 is 3.26. The molecule has 2 aliphatic rings. The fourth-order valence-electron chi connectivity index (χ4n) is 3.82. The highest BCUT2D eigenvalue weighted by molar-refractivity contribution is 7.99. The molecule has 0 saturated carbocycles. The van der Waals surface area contributed by atoms with E-state index in [0.717, 1.165) is 54.4 Å². The third kappa shape index (κ3) is 2.62. The van der Waals surface area contributed by atoms with E-state index >= 15 is 0 Å². The predicted molar refractivity (Wildman–Crippen MR) is 99.3 cm³/mol. The zero-order chi connectivity index (χ0) is 16.8. The number of likely N-dealkylation sites (tertiary alicyclic amines) is 1. The van der Waals surface area contributed by atoms with Crippen LogP contribution in [0.5, 0.6) is 0 Å². The Bertz CT molecular complexity index is 957. The maximum absolute atomic E-state index is 12.3. The molecule has 0 atom stereocenters. The first-order valence-corrected chi connectivity index (χ1v) is 10.7. The summed E-state index contributed by atoms with van der Waals surface area (Å²) in [5.74, 6) is 0.613. The Morgan fingerprint density at radius 1 is 1.16 bits per heavy atom. The zero-order valence-electron chi connectivity index (χ0n) is 13.9. The van der Waals surface area contributed by atoms with E-state index in [9.17, 15) is 4.79 Å². The average molecular weight is 374 g/mol. The highest BCUT2D eigenvalue weighted by atomic mass is 32.2. The van der Waals surface area contributed by atoms with Gasteiger partial charge in [0.2, 0.25) is 5.91 Å². The van der Waals surface area contributed by atoms with E-state index in [0.29, 0.717) is 5.75 Å². The van der Waals surface area contributed by atoms with Gasteiger partial charge < -0.3 is 4.90 Å². The highest BCUT2D eigenvalue weighted by Gasteiger charge is 2.22. The molecule has 0 aromatic carbocycles. The number of carbonyl (C=O) groups is 1. The lowest BCUT2D eigenvalue weighted by Crippen LogP contribution is -2.29. The van der Waals surface area contributed by atoms with Crippen LogP contribution in [0.1, 0.15) is 36.1 Å². The van der Waals surface area contributed by atoms with Gasteiger partial charge in [0, 0.05) is 18.0 Å². The summed E-state index contributed by atoms with van der Waals surface area (Å²) in [5.41, 5.74) is 2.31. The lowest BCUT2D eigenvalue weighted by atomic mass is 9.97. The van der Waals surface area contributed by atoms with E-state index in [1.165, 1.54) is 40.4 Å². The summed E-state index contributed by atoms with van der Waals surface area (Å²) < 4.78 is 1.95. The van der Waals surface area contributed by atoms with Crippen molar-refractivity contribution in [3.8, 4) is 0 Å². The van der Waals surface area contributed by atoms with Crippen LogP contribution in [-0.2, 0) is 17.6 Å². The Labute approximate surface area is 153 Å². The highest BCUT2D eigenvalue weighted by Crippen LogP contribution is 2.37. The van der Waals surface area contributed by atoms with Crippen molar-refractivity contribution < 1.29 is 4.79 Å². The molecule has 130 valence electrons. The molecule has 1 saturated heterocycles. The van der Waals surface area contributed by atoms with E-state index in [-0.39, 0.29) is 5.91 Å². The Morgan fingerprint density at radius 3 is 2.88 bits per heavy atom. The molecule has 0 bridgehead atoms. The Kier molecular flexibility index (Phi) is 3.89. The van der Waals surface area contributed by atoms with E-state index in [1.807, 2.05) is 15.6 Å². The van der Waals surface area contributed by atoms with Gasteiger partial charge >= 0.3 is 0 Å². The van der Waals surface area contributed by atoms with Crippen molar-refractivity contribution in [3.05, 3.63) is 16.8 Å². The van der Waals surface area contributed by atoms with Gasteiger partial charge in [-0.3, -0.25) is 9.20 Å². The maximum Gasteiger partial charge on any atom is 0.233 e. The van der Waals surface area contributed by atoms with Gasteiger partial charge in [0.1, 0.15) is 11.2 Å². The van der Waals surface area contributed by atoms with Crippen LogP contribution in [-0.4, -0.2) is 49.2 Å². The summed E-state index contributed by atoms with van der Waals surface area (Å²) in [4.78, 5) is 21.4. The minimum atomic E-state index is 0.196. The number of fused-ring (bicyclic) bond motifs is 5. The molecular formula is C17H19N5OS2. The van der Waals surface area contributed by atoms with Gasteiger partial charge in [-0.1, -0.05) is 11.8 Å². The summed E-state index contributed by atoms with van der Waals surface area (Å²) in [6.45, 7) is 1.78. The number of nitrogens with zero attached hydrogens (tertiary/aromatic N) is 5. The lowest BCUT2D eigenvalue weighted by Gasteiger charge is -2.14. The molecule has 8 heteroatoms. The summed E-state index contributed by atoms with van der Waals surface area (Å²) in [6, 6.07) is 0. The van der Waals surface area contributed by atoms with E-state index < -0.39 is 0 Å². The number of rotatable bonds is 3. The molecule has 1 amide bonds. The molecule has 5 rings (SSSR count). The van der Waals surface area contributed by atoms with Gasteiger partial charge in [0.05, 0.1) is 11.1 Å². The largest absolute Gasteiger partial charge is 0.342 e. The summed E-state index contributed by atoms with van der Waals surface area (Å²) in [6.07, 6.45) is 8.82. The van der Waals surface area contributed by atoms with Crippen LogP contribution < -0.4 is 0 Å². The number of amides is 1. The van der Waals surface area contributed by atoms with Gasteiger partial charge in [0.25, 0.3) is 0 Å². The van der Waals surface area contributed by atoms with Crippen molar-refractivity contribution in [2.45, 2.75) is 43.7 Å². The van der Waals surface area contributed by atoms with E-state index in [1.54, 1.807) is 11.3 Å². The molecule has 0 unspecified atom stereocenters. The Balaban J connectivity index is 1.47. The topological polar surface area (TPSA) is 63.4 Å². The first-order valence-electron chi connectivity index (χ1n) is 8.86. The molecular weight excluding hydrogens is 354 g/mol. The van der Waals surface area contributed by atoms with Crippen molar-refractivity contribution in [3.63, 3.8) is 0 Å². The number of hydrogen-bond donors (Lipinski definition) is 0. The number of hydrogen-bond acceptors (Lipinski definition) is 6. The fourth-order valence-corrected chi connectivity index (χ4v) is 5.85. The van der Waals surface area contributed by atoms with Gasteiger partial charge in [-0.2, -0.15) is 0 Å². The van der Waals surface area contributed by atoms with Crippen LogP contribution in [0.25, 0.3) is 15.9 Å². The molecule has 1 aliphatic carbocycles. The Morgan fingerprint density at radius 2 is 2.00 bits per heavy atom. The molecule has 0 radical (unpaired) electrons. The first-order chi connectivity index (χ1) is 12.3. The van der Waals surface area contributed by atoms with Gasteiger partial charge in [-0.05, 0) is 44.1 Å². The average Bonchev–Trinajstić information content (AvgIpc) is 3.36. The minimum Gasteiger partial charge on any atom is -0.342 e. The fraction of sp³-hybridized carbons (Fsp3) is 0.529. The van der Waals surface area contributed by atoms with Gasteiger partial charge in [-0.15, -0.1) is 21.5 Å². The molecule has 3 aromatic heterocycles. The quantitative estimate of drug-likeness (QED) is 0.661. The molecule has 3 aromatic rings. The third-order valence-electron chi connectivity index (χ3n) is 5.11. The van der Waals surface area contributed by atoms with E-state index in [4.69, 9.17) is 0 Å². The van der Waals surface area contributed by atoms with Crippen LogP contribution in [0, 0.1) is 0 Å². The molecule has 1 fully saturated rings. The first kappa shape index (κ1) is 15.6. The second-order valence-electron chi connectivity index (χ2n) is 6.69. The second-order valence-corrected chi connectivity index (χ2v) is 8.71. The van der Waals surface area contributed by atoms with Crippen molar-refractivity contribution in [2.75, 3.05) is 18.8 Å². The molecule has 25 heavy (non-hydrogen) atoms. The van der Waals surface area contributed by atoms with Gasteiger partial charge in [0.15, 0.2) is 10.8 Å². The molecule has 4 heterocycles. The van der Waals surface area contributed by atoms with Gasteiger partial charge in [-0.25, -0.2) is 4.98 Å². The summed E-state index contributed by atoms with van der Waals surface area (Å²) in [5, 5.41) is 10.7. The molecule has 1 aliphatic heterocycles. The molecule has 0 N–H and O–H groups in total. The van der Waals surface area contributed by atoms with Crippen molar-refractivity contribution >= 4 is 44.9 Å². The van der Waals surface area contributed by atoms with Crippen molar-refractivity contribution in [2.24, 2.45) is 0 Å². The molecule has 6 nitrogen and oxygen atoms in total. The monoisotopic (exact) mass is 373 g/mol. The van der Waals surface area contributed by atoms with E-state index in [2.05, 4.69) is 15.2 Å². The summed E-state index contributed by atoms with van der Waals surface area (Å²) in [7, 11) is 0.